The molecule has 2 aromatic rings. The Balaban J connectivity index is 2.13. The molecule has 0 spiro atoms. The zero-order valence-corrected chi connectivity index (χ0v) is 14.5. The molecule has 0 saturated heterocycles. The smallest absolute Gasteiger partial charge is 0.265 e. The zero-order valence-electron chi connectivity index (χ0n) is 13.7. The second-order valence-electron chi connectivity index (χ2n) is 5.42. The molecule has 0 unspecified atom stereocenters. The molecular formula is C19H22ClNO2. The highest BCUT2D eigenvalue weighted by Gasteiger charge is 2.20. The summed E-state index contributed by atoms with van der Waals surface area (Å²) in [6.45, 7) is 6.00. The number of anilines is 1. The first-order valence-electron chi connectivity index (χ1n) is 7.86. The van der Waals surface area contributed by atoms with Crippen LogP contribution in [0.5, 0.6) is 5.75 Å². The molecule has 1 atom stereocenters. The van der Waals surface area contributed by atoms with E-state index in [1.165, 1.54) is 0 Å². The van der Waals surface area contributed by atoms with Crippen molar-refractivity contribution in [2.45, 2.75) is 39.7 Å². The Kier molecular flexibility index (Phi) is 6.05. The van der Waals surface area contributed by atoms with Crippen LogP contribution in [0.25, 0.3) is 0 Å². The van der Waals surface area contributed by atoms with E-state index in [2.05, 4.69) is 12.2 Å². The highest BCUT2D eigenvalue weighted by molar-refractivity contribution is 6.30. The highest BCUT2D eigenvalue weighted by atomic mass is 35.5. The van der Waals surface area contributed by atoms with E-state index in [9.17, 15) is 4.79 Å². The van der Waals surface area contributed by atoms with Crippen molar-refractivity contribution in [3.8, 4) is 5.75 Å². The fraction of sp³-hybridized carbons (Fsp3) is 0.316. The summed E-state index contributed by atoms with van der Waals surface area (Å²) in [4.78, 5) is 12.6. The molecule has 0 aliphatic heterocycles. The number of carbonyl (C=O) groups excluding carboxylic acids is 1. The van der Waals surface area contributed by atoms with Crippen molar-refractivity contribution in [2.24, 2.45) is 0 Å². The lowest BCUT2D eigenvalue weighted by Gasteiger charge is -2.19. The standard InChI is InChI=1S/C19H22ClNO2/c1-4-14-8-6-7-13(3)18(14)21-19(22)17(5-2)23-16-11-9-15(20)10-12-16/h6-12,17H,4-5H2,1-3H3,(H,21,22)/t17-/m0/s1. The molecule has 0 heterocycles. The molecule has 2 rings (SSSR count). The zero-order chi connectivity index (χ0) is 16.8. The fourth-order valence-electron chi connectivity index (χ4n) is 2.41. The van der Waals surface area contributed by atoms with E-state index in [0.29, 0.717) is 17.2 Å². The van der Waals surface area contributed by atoms with Crippen LogP contribution in [0, 0.1) is 6.92 Å². The Hall–Kier alpha value is -2.00. The Morgan fingerprint density at radius 1 is 1.17 bits per heavy atom. The van der Waals surface area contributed by atoms with E-state index < -0.39 is 6.10 Å². The Labute approximate surface area is 142 Å². The second kappa shape index (κ2) is 8.02. The summed E-state index contributed by atoms with van der Waals surface area (Å²) in [7, 11) is 0. The molecule has 0 radical (unpaired) electrons. The van der Waals surface area contributed by atoms with E-state index in [-0.39, 0.29) is 5.91 Å². The van der Waals surface area contributed by atoms with Gasteiger partial charge in [0.05, 0.1) is 0 Å². The number of benzene rings is 2. The summed E-state index contributed by atoms with van der Waals surface area (Å²) < 4.78 is 5.80. The summed E-state index contributed by atoms with van der Waals surface area (Å²) >= 11 is 5.87. The van der Waals surface area contributed by atoms with Crippen molar-refractivity contribution in [3.05, 3.63) is 58.6 Å². The van der Waals surface area contributed by atoms with Crippen LogP contribution >= 0.6 is 11.6 Å². The third-order valence-electron chi connectivity index (χ3n) is 3.74. The maximum absolute atomic E-state index is 12.6. The van der Waals surface area contributed by atoms with Crippen molar-refractivity contribution in [2.75, 3.05) is 5.32 Å². The molecule has 1 amide bonds. The van der Waals surface area contributed by atoms with Crippen LogP contribution < -0.4 is 10.1 Å². The first-order valence-corrected chi connectivity index (χ1v) is 8.24. The van der Waals surface area contributed by atoms with Crippen molar-refractivity contribution in [1.82, 2.24) is 0 Å². The van der Waals surface area contributed by atoms with Gasteiger partial charge in [0.25, 0.3) is 5.91 Å². The van der Waals surface area contributed by atoms with Gasteiger partial charge < -0.3 is 10.1 Å². The molecule has 3 nitrogen and oxygen atoms in total. The van der Waals surface area contributed by atoms with Crippen molar-refractivity contribution < 1.29 is 9.53 Å². The van der Waals surface area contributed by atoms with Crippen LogP contribution in [0.2, 0.25) is 5.02 Å². The molecule has 0 aliphatic rings. The van der Waals surface area contributed by atoms with Gasteiger partial charge in [-0.1, -0.05) is 43.6 Å². The molecule has 0 aliphatic carbocycles. The summed E-state index contributed by atoms with van der Waals surface area (Å²) in [5.41, 5.74) is 3.07. The van der Waals surface area contributed by atoms with Crippen molar-refractivity contribution in [3.63, 3.8) is 0 Å². The number of para-hydroxylation sites is 1. The molecule has 23 heavy (non-hydrogen) atoms. The number of rotatable bonds is 6. The van der Waals surface area contributed by atoms with Crippen LogP contribution in [0.1, 0.15) is 31.4 Å². The largest absolute Gasteiger partial charge is 0.481 e. The third-order valence-corrected chi connectivity index (χ3v) is 4.00. The lowest BCUT2D eigenvalue weighted by Crippen LogP contribution is -2.33. The predicted molar refractivity (Wildman–Crippen MR) is 95.3 cm³/mol. The molecule has 1 N–H and O–H groups in total. The number of aryl methyl sites for hydroxylation is 2. The van der Waals surface area contributed by atoms with Gasteiger partial charge in [-0.25, -0.2) is 0 Å². The summed E-state index contributed by atoms with van der Waals surface area (Å²) in [5.74, 6) is 0.503. The molecule has 0 bridgehead atoms. The average Bonchev–Trinajstić information content (AvgIpc) is 2.56. The maximum Gasteiger partial charge on any atom is 0.265 e. The summed E-state index contributed by atoms with van der Waals surface area (Å²) in [6, 6.07) is 13.1. The van der Waals surface area contributed by atoms with Gasteiger partial charge in [-0.05, 0) is 55.2 Å². The maximum atomic E-state index is 12.6. The van der Waals surface area contributed by atoms with E-state index in [4.69, 9.17) is 16.3 Å². The van der Waals surface area contributed by atoms with Gasteiger partial charge in [-0.2, -0.15) is 0 Å². The normalized spacial score (nSPS) is 11.8. The predicted octanol–water partition coefficient (Wildman–Crippen LogP) is 5.01. The minimum absolute atomic E-state index is 0.133. The highest BCUT2D eigenvalue weighted by Crippen LogP contribution is 2.23. The van der Waals surface area contributed by atoms with Crippen LogP contribution in [0.15, 0.2) is 42.5 Å². The van der Waals surface area contributed by atoms with Gasteiger partial charge >= 0.3 is 0 Å². The first-order chi connectivity index (χ1) is 11.0. The molecule has 0 fully saturated rings. The van der Waals surface area contributed by atoms with Crippen molar-refractivity contribution >= 4 is 23.2 Å². The van der Waals surface area contributed by atoms with Crippen LogP contribution in [-0.4, -0.2) is 12.0 Å². The molecule has 2 aromatic carbocycles. The lowest BCUT2D eigenvalue weighted by molar-refractivity contribution is -0.122. The first kappa shape index (κ1) is 17.4. The number of carbonyl (C=O) groups is 1. The molecule has 0 aromatic heterocycles. The van der Waals surface area contributed by atoms with Crippen molar-refractivity contribution in [1.29, 1.82) is 0 Å². The van der Waals surface area contributed by atoms with Crippen LogP contribution in [0.3, 0.4) is 0 Å². The van der Waals surface area contributed by atoms with E-state index >= 15 is 0 Å². The summed E-state index contributed by atoms with van der Waals surface area (Å²) in [5, 5.41) is 3.66. The SMILES string of the molecule is CCc1cccc(C)c1NC(=O)[C@H](CC)Oc1ccc(Cl)cc1. The summed E-state index contributed by atoms with van der Waals surface area (Å²) in [6.07, 6.45) is 0.911. The fourth-order valence-corrected chi connectivity index (χ4v) is 2.53. The van der Waals surface area contributed by atoms with E-state index in [1.807, 2.05) is 32.0 Å². The van der Waals surface area contributed by atoms with E-state index in [1.54, 1.807) is 24.3 Å². The number of hydrogen-bond donors (Lipinski definition) is 1. The number of ether oxygens (including phenoxy) is 1. The average molecular weight is 332 g/mol. The Morgan fingerprint density at radius 3 is 2.48 bits per heavy atom. The molecule has 0 saturated carbocycles. The lowest BCUT2D eigenvalue weighted by atomic mass is 10.1. The van der Waals surface area contributed by atoms with E-state index in [0.717, 1.165) is 23.2 Å². The third kappa shape index (κ3) is 4.49. The minimum Gasteiger partial charge on any atom is -0.481 e. The van der Waals surface area contributed by atoms with Gasteiger partial charge in [-0.3, -0.25) is 4.79 Å². The van der Waals surface area contributed by atoms with Crippen LogP contribution in [0.4, 0.5) is 5.69 Å². The monoisotopic (exact) mass is 331 g/mol. The molecule has 122 valence electrons. The van der Waals surface area contributed by atoms with Gasteiger partial charge in [0.15, 0.2) is 6.10 Å². The van der Waals surface area contributed by atoms with Crippen LogP contribution in [-0.2, 0) is 11.2 Å². The minimum atomic E-state index is -0.541. The number of nitrogens with one attached hydrogen (secondary N) is 1. The number of halogens is 1. The van der Waals surface area contributed by atoms with Gasteiger partial charge in [0, 0.05) is 10.7 Å². The molecule has 4 heteroatoms. The Morgan fingerprint density at radius 2 is 1.87 bits per heavy atom. The van der Waals surface area contributed by atoms with Gasteiger partial charge in [0.2, 0.25) is 0 Å². The van der Waals surface area contributed by atoms with Gasteiger partial charge in [0.1, 0.15) is 5.75 Å². The molecular weight excluding hydrogens is 310 g/mol. The second-order valence-corrected chi connectivity index (χ2v) is 5.86. The quantitative estimate of drug-likeness (QED) is 0.808. The number of hydrogen-bond acceptors (Lipinski definition) is 2. The number of amides is 1. The Bertz CT molecular complexity index is 668. The topological polar surface area (TPSA) is 38.3 Å². The van der Waals surface area contributed by atoms with Gasteiger partial charge in [-0.15, -0.1) is 0 Å².